The summed E-state index contributed by atoms with van der Waals surface area (Å²) in [6.45, 7) is 3.55. The molecule has 2 N–H and O–H groups in total. The zero-order valence-electron chi connectivity index (χ0n) is 12.2. The van der Waals surface area contributed by atoms with Crippen LogP contribution in [0.2, 0.25) is 0 Å². The summed E-state index contributed by atoms with van der Waals surface area (Å²) in [6.07, 6.45) is 0. The van der Waals surface area contributed by atoms with E-state index in [4.69, 9.17) is 0 Å². The molecule has 3 nitrogen and oxygen atoms in total. The second-order valence-electron chi connectivity index (χ2n) is 5.20. The highest BCUT2D eigenvalue weighted by atomic mass is 32.2. The molecule has 2 aromatic carbocycles. The van der Waals surface area contributed by atoms with Gasteiger partial charge in [-0.3, -0.25) is 4.79 Å². The summed E-state index contributed by atoms with van der Waals surface area (Å²) in [4.78, 5) is 13.2. The fourth-order valence-electron chi connectivity index (χ4n) is 1.78. The topological polar surface area (TPSA) is 49.3 Å². The van der Waals surface area contributed by atoms with E-state index >= 15 is 0 Å². The van der Waals surface area contributed by atoms with Crippen LogP contribution in [0.15, 0.2) is 59.5 Å². The number of thioether (sulfide) groups is 1. The first-order valence-corrected chi connectivity index (χ1v) is 7.74. The molecule has 0 heterocycles. The van der Waals surface area contributed by atoms with Crippen molar-refractivity contribution in [1.82, 2.24) is 0 Å². The van der Waals surface area contributed by atoms with Crippen molar-refractivity contribution in [3.63, 3.8) is 0 Å². The van der Waals surface area contributed by atoms with Crippen molar-refractivity contribution in [3.8, 4) is 0 Å². The van der Waals surface area contributed by atoms with Gasteiger partial charge in [-0.25, -0.2) is 0 Å². The van der Waals surface area contributed by atoms with E-state index < -0.39 is 11.5 Å². The summed E-state index contributed by atoms with van der Waals surface area (Å²) in [7, 11) is 0. The van der Waals surface area contributed by atoms with Gasteiger partial charge in [-0.05, 0) is 38.1 Å². The van der Waals surface area contributed by atoms with Gasteiger partial charge in [-0.2, -0.15) is 0 Å². The molecule has 0 aromatic heterocycles. The van der Waals surface area contributed by atoms with Crippen LogP contribution in [0.3, 0.4) is 0 Å². The van der Waals surface area contributed by atoms with Crippen molar-refractivity contribution in [2.24, 2.45) is 0 Å². The van der Waals surface area contributed by atoms with Gasteiger partial charge in [0.25, 0.3) is 5.91 Å². The van der Waals surface area contributed by atoms with Gasteiger partial charge in [0, 0.05) is 16.3 Å². The maximum Gasteiger partial charge on any atom is 0.256 e. The summed E-state index contributed by atoms with van der Waals surface area (Å²) >= 11 is 1.47. The lowest BCUT2D eigenvalue weighted by molar-refractivity contribution is -0.130. The lowest BCUT2D eigenvalue weighted by atomic mass is 10.1. The van der Waals surface area contributed by atoms with Crippen molar-refractivity contribution in [1.29, 1.82) is 0 Å². The molecule has 0 bridgehead atoms. The normalized spacial score (nSPS) is 13.5. The molecule has 1 atom stereocenters. The van der Waals surface area contributed by atoms with Gasteiger partial charge in [-0.1, -0.05) is 35.9 Å². The molecule has 4 heteroatoms. The quantitative estimate of drug-likeness (QED) is 0.831. The maximum atomic E-state index is 12.1. The number of hydrogen-bond donors (Lipinski definition) is 2. The molecule has 21 heavy (non-hydrogen) atoms. The fraction of sp³-hybridized carbons (Fsp3) is 0.235. The number of carbonyl (C=O) groups excluding carboxylic acids is 1. The van der Waals surface area contributed by atoms with Gasteiger partial charge < -0.3 is 10.4 Å². The summed E-state index contributed by atoms with van der Waals surface area (Å²) in [6, 6.07) is 17.1. The van der Waals surface area contributed by atoms with Crippen LogP contribution in [0.5, 0.6) is 0 Å². The van der Waals surface area contributed by atoms with E-state index in [1.807, 2.05) is 49.4 Å². The Morgan fingerprint density at radius 1 is 1.19 bits per heavy atom. The Morgan fingerprint density at radius 2 is 1.90 bits per heavy atom. The van der Waals surface area contributed by atoms with E-state index in [-0.39, 0.29) is 0 Å². The van der Waals surface area contributed by atoms with Crippen LogP contribution >= 0.6 is 11.8 Å². The molecular weight excluding hydrogens is 282 g/mol. The van der Waals surface area contributed by atoms with E-state index in [2.05, 4.69) is 5.32 Å². The van der Waals surface area contributed by atoms with E-state index in [1.165, 1.54) is 18.7 Å². The van der Waals surface area contributed by atoms with Crippen LogP contribution in [0, 0.1) is 6.92 Å². The molecule has 0 radical (unpaired) electrons. The van der Waals surface area contributed by atoms with Crippen LogP contribution in [-0.2, 0) is 4.79 Å². The number of para-hydroxylation sites is 1. The largest absolute Gasteiger partial charge is 0.379 e. The Morgan fingerprint density at radius 3 is 2.57 bits per heavy atom. The number of benzene rings is 2. The lowest BCUT2D eigenvalue weighted by Gasteiger charge is -2.22. The fourth-order valence-corrected chi connectivity index (χ4v) is 2.80. The Balaban J connectivity index is 1.96. The molecular formula is C17H19NO2S. The zero-order valence-corrected chi connectivity index (χ0v) is 13.0. The molecule has 2 rings (SSSR count). The average Bonchev–Trinajstić information content (AvgIpc) is 2.46. The third kappa shape index (κ3) is 4.62. The van der Waals surface area contributed by atoms with Gasteiger partial charge in [0.05, 0.1) is 0 Å². The van der Waals surface area contributed by atoms with Gasteiger partial charge in [0.2, 0.25) is 0 Å². The minimum atomic E-state index is -1.43. The van der Waals surface area contributed by atoms with Crippen LogP contribution < -0.4 is 5.32 Å². The summed E-state index contributed by atoms with van der Waals surface area (Å²) in [5.41, 5.74) is 0.418. The summed E-state index contributed by atoms with van der Waals surface area (Å²) < 4.78 is 0. The molecule has 0 unspecified atom stereocenters. The van der Waals surface area contributed by atoms with Crippen LogP contribution in [-0.4, -0.2) is 22.4 Å². The standard InChI is InChI=1S/C17H19NO2S/c1-13-7-6-10-15(11-13)21-12-17(2,20)16(19)18-14-8-4-3-5-9-14/h3-11,20H,12H2,1-2H3,(H,18,19)/t17-/m1/s1. The number of nitrogens with one attached hydrogen (secondary N) is 1. The van der Waals surface area contributed by atoms with Gasteiger partial charge >= 0.3 is 0 Å². The predicted molar refractivity (Wildman–Crippen MR) is 87.6 cm³/mol. The predicted octanol–water partition coefficient (Wildman–Crippen LogP) is 3.48. The molecule has 1 amide bonds. The summed E-state index contributed by atoms with van der Waals surface area (Å²) in [5.74, 6) is -0.0939. The smallest absolute Gasteiger partial charge is 0.256 e. The number of hydrogen-bond acceptors (Lipinski definition) is 3. The van der Waals surface area contributed by atoms with Crippen LogP contribution in [0.25, 0.3) is 0 Å². The van der Waals surface area contributed by atoms with E-state index in [0.29, 0.717) is 11.4 Å². The zero-order chi connectivity index (χ0) is 15.3. The highest BCUT2D eigenvalue weighted by molar-refractivity contribution is 7.99. The first-order valence-electron chi connectivity index (χ1n) is 6.76. The van der Waals surface area contributed by atoms with Crippen LogP contribution in [0.4, 0.5) is 5.69 Å². The Kier molecular flexibility index (Phi) is 5.04. The third-order valence-corrected chi connectivity index (χ3v) is 4.32. The second kappa shape index (κ2) is 6.78. The Hall–Kier alpha value is -1.78. The van der Waals surface area contributed by atoms with E-state index in [1.54, 1.807) is 12.1 Å². The first kappa shape index (κ1) is 15.6. The number of carbonyl (C=O) groups is 1. The third-order valence-electron chi connectivity index (χ3n) is 3.03. The van der Waals surface area contributed by atoms with Crippen molar-refractivity contribution in [3.05, 3.63) is 60.2 Å². The molecule has 0 fully saturated rings. The van der Waals surface area contributed by atoms with Crippen LogP contribution in [0.1, 0.15) is 12.5 Å². The molecule has 110 valence electrons. The second-order valence-corrected chi connectivity index (χ2v) is 6.25. The number of aliphatic hydroxyl groups is 1. The average molecular weight is 301 g/mol. The Labute approximate surface area is 129 Å². The van der Waals surface area contributed by atoms with Crippen molar-refractivity contribution in [2.45, 2.75) is 24.3 Å². The molecule has 0 aliphatic heterocycles. The van der Waals surface area contributed by atoms with Gasteiger partial charge in [0.1, 0.15) is 5.60 Å². The SMILES string of the molecule is Cc1cccc(SC[C@@](C)(O)C(=O)Nc2ccccc2)c1. The monoisotopic (exact) mass is 301 g/mol. The van der Waals surface area contributed by atoms with Gasteiger partial charge in [-0.15, -0.1) is 11.8 Å². The van der Waals surface area contributed by atoms with Gasteiger partial charge in [0.15, 0.2) is 0 Å². The number of anilines is 1. The first-order chi connectivity index (χ1) is 9.97. The molecule has 0 aliphatic rings. The number of amides is 1. The molecule has 0 aliphatic carbocycles. The van der Waals surface area contributed by atoms with Crippen molar-refractivity contribution >= 4 is 23.4 Å². The van der Waals surface area contributed by atoms with Crippen molar-refractivity contribution in [2.75, 3.05) is 11.1 Å². The number of aryl methyl sites for hydroxylation is 1. The number of rotatable bonds is 5. The lowest BCUT2D eigenvalue weighted by Crippen LogP contribution is -2.42. The Bertz CT molecular complexity index is 611. The molecule has 0 spiro atoms. The minimum Gasteiger partial charge on any atom is -0.379 e. The molecule has 0 saturated heterocycles. The minimum absolute atomic E-state index is 0.301. The summed E-state index contributed by atoms with van der Waals surface area (Å²) in [5, 5.41) is 13.1. The molecule has 0 saturated carbocycles. The highest BCUT2D eigenvalue weighted by Gasteiger charge is 2.30. The maximum absolute atomic E-state index is 12.1. The highest BCUT2D eigenvalue weighted by Crippen LogP contribution is 2.24. The van der Waals surface area contributed by atoms with E-state index in [9.17, 15) is 9.90 Å². The van der Waals surface area contributed by atoms with Crippen molar-refractivity contribution < 1.29 is 9.90 Å². The van der Waals surface area contributed by atoms with E-state index in [0.717, 1.165) is 10.5 Å². The molecule has 2 aromatic rings.